The van der Waals surface area contributed by atoms with Crippen LogP contribution in [-0.2, 0) is 4.79 Å². The lowest BCUT2D eigenvalue weighted by atomic mass is 10.1. The highest BCUT2D eigenvalue weighted by Crippen LogP contribution is 2.24. The van der Waals surface area contributed by atoms with Gasteiger partial charge >= 0.3 is 5.97 Å². The van der Waals surface area contributed by atoms with Crippen molar-refractivity contribution in [3.8, 4) is 17.1 Å². The number of benzene rings is 2. The molecule has 3 rings (SSSR count). The summed E-state index contributed by atoms with van der Waals surface area (Å²) in [5.41, 5.74) is 1.11. The number of hydrogen-bond donors (Lipinski definition) is 0. The van der Waals surface area contributed by atoms with Crippen LogP contribution in [0.15, 0.2) is 63.8 Å². The summed E-state index contributed by atoms with van der Waals surface area (Å²) in [5, 5.41) is 0.383. The maximum absolute atomic E-state index is 12.2. The van der Waals surface area contributed by atoms with Crippen LogP contribution < -0.4 is 10.2 Å². The Kier molecular flexibility index (Phi) is 3.28. The summed E-state index contributed by atoms with van der Waals surface area (Å²) in [7, 11) is 0. The van der Waals surface area contributed by atoms with E-state index in [2.05, 4.69) is 0 Å². The molecule has 3 aromatic rings. The molecular formula is C17H12O4. The monoisotopic (exact) mass is 280 g/mol. The fourth-order valence-electron chi connectivity index (χ4n) is 2.11. The Hall–Kier alpha value is -2.88. The minimum atomic E-state index is -0.431. The summed E-state index contributed by atoms with van der Waals surface area (Å²) in [6.45, 7) is 1.31. The van der Waals surface area contributed by atoms with Gasteiger partial charge in [-0.2, -0.15) is 0 Å². The summed E-state index contributed by atoms with van der Waals surface area (Å²) in [6, 6.07) is 15.6. The highest BCUT2D eigenvalue weighted by Gasteiger charge is 2.08. The van der Waals surface area contributed by atoms with Crippen LogP contribution in [0.3, 0.4) is 0 Å². The molecule has 0 saturated heterocycles. The van der Waals surface area contributed by atoms with E-state index in [0.29, 0.717) is 22.5 Å². The van der Waals surface area contributed by atoms with Crippen molar-refractivity contribution in [3.05, 3.63) is 64.8 Å². The van der Waals surface area contributed by atoms with Crippen LogP contribution in [-0.4, -0.2) is 5.97 Å². The molecule has 0 aliphatic rings. The summed E-state index contributed by atoms with van der Waals surface area (Å²) in [6.07, 6.45) is 0. The lowest BCUT2D eigenvalue weighted by Crippen LogP contribution is -2.04. The van der Waals surface area contributed by atoms with Gasteiger partial charge in [-0.15, -0.1) is 0 Å². The standard InChI is InChI=1S/C17H12O4/c1-11(18)20-13-7-8-16-14(9-13)15(19)10-17(21-16)12-5-3-2-4-6-12/h2-10H,1H3. The van der Waals surface area contributed by atoms with E-state index in [1.54, 1.807) is 12.1 Å². The fourth-order valence-corrected chi connectivity index (χ4v) is 2.11. The molecule has 0 amide bonds. The molecule has 0 unspecified atom stereocenters. The topological polar surface area (TPSA) is 56.5 Å². The Morgan fingerprint density at radius 1 is 1.05 bits per heavy atom. The van der Waals surface area contributed by atoms with Gasteiger partial charge in [-0.1, -0.05) is 30.3 Å². The molecule has 0 bridgehead atoms. The zero-order valence-corrected chi connectivity index (χ0v) is 11.3. The average molecular weight is 280 g/mol. The Morgan fingerprint density at radius 2 is 1.81 bits per heavy atom. The van der Waals surface area contributed by atoms with Gasteiger partial charge in [-0.25, -0.2) is 0 Å². The molecule has 4 heteroatoms. The summed E-state index contributed by atoms with van der Waals surface area (Å²) >= 11 is 0. The molecule has 1 heterocycles. The molecule has 0 atom stereocenters. The minimum Gasteiger partial charge on any atom is -0.456 e. The van der Waals surface area contributed by atoms with Crippen molar-refractivity contribution in [2.75, 3.05) is 0 Å². The first-order valence-electron chi connectivity index (χ1n) is 6.45. The van der Waals surface area contributed by atoms with Crippen molar-refractivity contribution >= 4 is 16.9 Å². The third kappa shape index (κ3) is 2.69. The third-order valence-corrected chi connectivity index (χ3v) is 3.02. The highest BCUT2D eigenvalue weighted by atomic mass is 16.5. The number of carbonyl (C=O) groups is 1. The zero-order valence-electron chi connectivity index (χ0n) is 11.3. The van der Waals surface area contributed by atoms with Gasteiger partial charge in [-0.3, -0.25) is 9.59 Å². The van der Waals surface area contributed by atoms with Gasteiger partial charge in [0.25, 0.3) is 0 Å². The van der Waals surface area contributed by atoms with E-state index < -0.39 is 5.97 Å². The molecule has 0 radical (unpaired) electrons. The van der Waals surface area contributed by atoms with Gasteiger partial charge in [0.15, 0.2) is 5.43 Å². The van der Waals surface area contributed by atoms with Crippen LogP contribution >= 0.6 is 0 Å². The first-order chi connectivity index (χ1) is 10.1. The van der Waals surface area contributed by atoms with Crippen LogP contribution in [0.4, 0.5) is 0 Å². The van der Waals surface area contributed by atoms with E-state index in [9.17, 15) is 9.59 Å². The number of carbonyl (C=O) groups excluding carboxylic acids is 1. The maximum Gasteiger partial charge on any atom is 0.308 e. The predicted molar refractivity (Wildman–Crippen MR) is 79.2 cm³/mol. The van der Waals surface area contributed by atoms with Gasteiger partial charge in [0.05, 0.1) is 5.39 Å². The second kappa shape index (κ2) is 5.25. The lowest BCUT2D eigenvalue weighted by molar-refractivity contribution is -0.131. The molecule has 0 spiro atoms. The normalized spacial score (nSPS) is 10.5. The van der Waals surface area contributed by atoms with E-state index in [-0.39, 0.29) is 5.43 Å². The zero-order chi connectivity index (χ0) is 14.8. The van der Waals surface area contributed by atoms with Crippen LogP contribution in [0.5, 0.6) is 5.75 Å². The molecule has 21 heavy (non-hydrogen) atoms. The molecule has 104 valence electrons. The number of esters is 1. The molecule has 4 nitrogen and oxygen atoms in total. The molecule has 0 N–H and O–H groups in total. The van der Waals surface area contributed by atoms with E-state index >= 15 is 0 Å². The number of hydrogen-bond acceptors (Lipinski definition) is 4. The number of ether oxygens (including phenoxy) is 1. The second-order valence-electron chi connectivity index (χ2n) is 4.59. The van der Waals surface area contributed by atoms with Gasteiger partial charge in [0, 0.05) is 18.6 Å². The highest BCUT2D eigenvalue weighted by molar-refractivity contribution is 5.81. The summed E-state index contributed by atoms with van der Waals surface area (Å²) in [5.74, 6) is 0.405. The van der Waals surface area contributed by atoms with Crippen molar-refractivity contribution in [2.24, 2.45) is 0 Å². The van der Waals surface area contributed by atoms with Crippen LogP contribution in [0.1, 0.15) is 6.92 Å². The average Bonchev–Trinajstić information content (AvgIpc) is 2.48. The van der Waals surface area contributed by atoms with Gasteiger partial charge in [-0.05, 0) is 18.2 Å². The smallest absolute Gasteiger partial charge is 0.308 e. The van der Waals surface area contributed by atoms with Gasteiger partial charge < -0.3 is 9.15 Å². The second-order valence-corrected chi connectivity index (χ2v) is 4.59. The van der Waals surface area contributed by atoms with Gasteiger partial charge in [0.2, 0.25) is 0 Å². The Bertz CT molecular complexity index is 863. The summed E-state index contributed by atoms with van der Waals surface area (Å²) < 4.78 is 10.7. The molecule has 2 aromatic carbocycles. The lowest BCUT2D eigenvalue weighted by Gasteiger charge is -2.05. The molecule has 1 aromatic heterocycles. The first kappa shape index (κ1) is 13.1. The quantitative estimate of drug-likeness (QED) is 0.533. The number of fused-ring (bicyclic) bond motifs is 1. The largest absolute Gasteiger partial charge is 0.456 e. The van der Waals surface area contributed by atoms with Crippen molar-refractivity contribution in [3.63, 3.8) is 0 Å². The van der Waals surface area contributed by atoms with E-state index in [0.717, 1.165) is 5.56 Å². The van der Waals surface area contributed by atoms with E-state index in [1.807, 2.05) is 30.3 Å². The maximum atomic E-state index is 12.2. The number of rotatable bonds is 2. The van der Waals surface area contributed by atoms with Crippen LogP contribution in [0, 0.1) is 0 Å². The fraction of sp³-hybridized carbons (Fsp3) is 0.0588. The Labute approximate surface area is 120 Å². The van der Waals surface area contributed by atoms with Crippen LogP contribution in [0.25, 0.3) is 22.3 Å². The van der Waals surface area contributed by atoms with Crippen molar-refractivity contribution in [1.82, 2.24) is 0 Å². The Balaban J connectivity index is 2.14. The molecule has 0 aliphatic heterocycles. The molecule has 0 aliphatic carbocycles. The van der Waals surface area contributed by atoms with Crippen LogP contribution in [0.2, 0.25) is 0 Å². The predicted octanol–water partition coefficient (Wildman–Crippen LogP) is 3.39. The molecule has 0 fully saturated rings. The Morgan fingerprint density at radius 3 is 2.52 bits per heavy atom. The first-order valence-corrected chi connectivity index (χ1v) is 6.45. The van der Waals surface area contributed by atoms with Gasteiger partial charge in [0.1, 0.15) is 17.1 Å². The minimum absolute atomic E-state index is 0.177. The molecule has 0 saturated carbocycles. The SMILES string of the molecule is CC(=O)Oc1ccc2oc(-c3ccccc3)cc(=O)c2c1. The van der Waals surface area contributed by atoms with Crippen molar-refractivity contribution < 1.29 is 13.9 Å². The van der Waals surface area contributed by atoms with Crippen molar-refractivity contribution in [1.29, 1.82) is 0 Å². The summed E-state index contributed by atoms with van der Waals surface area (Å²) in [4.78, 5) is 23.2. The molecular weight excluding hydrogens is 268 g/mol. The third-order valence-electron chi connectivity index (χ3n) is 3.02. The van der Waals surface area contributed by atoms with E-state index in [4.69, 9.17) is 9.15 Å². The van der Waals surface area contributed by atoms with Crippen molar-refractivity contribution in [2.45, 2.75) is 6.92 Å². The van der Waals surface area contributed by atoms with E-state index in [1.165, 1.54) is 19.1 Å².